The molecule has 92 valence electrons. The van der Waals surface area contributed by atoms with Crippen LogP contribution in [0.3, 0.4) is 0 Å². The average molecular weight is 233 g/mol. The number of esters is 1. The third kappa shape index (κ3) is 3.07. The smallest absolute Gasteiger partial charge is 0.323 e. The van der Waals surface area contributed by atoms with Crippen molar-refractivity contribution in [3.05, 3.63) is 35.9 Å². The lowest BCUT2D eigenvalue weighted by Gasteiger charge is -2.30. The highest BCUT2D eigenvalue weighted by atomic mass is 16.5. The van der Waals surface area contributed by atoms with Gasteiger partial charge in [0.15, 0.2) is 0 Å². The van der Waals surface area contributed by atoms with Crippen molar-refractivity contribution in [2.75, 3.05) is 13.7 Å². The fourth-order valence-electron chi connectivity index (χ4n) is 2.49. The maximum atomic E-state index is 11.7. The van der Waals surface area contributed by atoms with Gasteiger partial charge in [0, 0.05) is 0 Å². The maximum Gasteiger partial charge on any atom is 0.323 e. The first-order valence-electron chi connectivity index (χ1n) is 6.16. The van der Waals surface area contributed by atoms with E-state index in [4.69, 9.17) is 4.74 Å². The van der Waals surface area contributed by atoms with Crippen molar-refractivity contribution in [3.8, 4) is 0 Å². The van der Waals surface area contributed by atoms with Crippen LogP contribution in [0.2, 0.25) is 0 Å². The minimum atomic E-state index is -0.144. The zero-order chi connectivity index (χ0) is 12.1. The number of ether oxygens (including phenoxy) is 1. The van der Waals surface area contributed by atoms with Crippen LogP contribution in [-0.4, -0.2) is 25.7 Å². The molecule has 3 heteroatoms. The number of rotatable bonds is 3. The minimum absolute atomic E-state index is 0.134. The standard InChI is InChI=1S/C14H19NO2/c1-17-14(16)13-12(8-5-9-15-13)10-11-6-3-2-4-7-11/h2-4,6-7,12-13,15H,5,8-10H2,1H3/t12-,13-/m0/s1. The van der Waals surface area contributed by atoms with E-state index >= 15 is 0 Å². The molecule has 1 aromatic rings. The van der Waals surface area contributed by atoms with Crippen molar-refractivity contribution in [2.45, 2.75) is 25.3 Å². The van der Waals surface area contributed by atoms with Gasteiger partial charge < -0.3 is 10.1 Å². The van der Waals surface area contributed by atoms with E-state index < -0.39 is 0 Å². The van der Waals surface area contributed by atoms with Gasteiger partial charge >= 0.3 is 5.97 Å². The summed E-state index contributed by atoms with van der Waals surface area (Å²) >= 11 is 0. The lowest BCUT2D eigenvalue weighted by molar-refractivity contribution is -0.145. The molecule has 2 atom stereocenters. The Hall–Kier alpha value is -1.35. The normalized spacial score (nSPS) is 24.3. The summed E-state index contributed by atoms with van der Waals surface area (Å²) in [5.74, 6) is 0.212. The van der Waals surface area contributed by atoms with Crippen LogP contribution in [-0.2, 0) is 16.0 Å². The van der Waals surface area contributed by atoms with Crippen molar-refractivity contribution < 1.29 is 9.53 Å². The van der Waals surface area contributed by atoms with E-state index in [1.54, 1.807) is 0 Å². The molecule has 1 N–H and O–H groups in total. The topological polar surface area (TPSA) is 38.3 Å². The fraction of sp³-hybridized carbons (Fsp3) is 0.500. The Kier molecular flexibility index (Phi) is 4.15. The second-order valence-corrected chi connectivity index (χ2v) is 4.55. The molecule has 17 heavy (non-hydrogen) atoms. The molecular formula is C14H19NO2. The van der Waals surface area contributed by atoms with Crippen LogP contribution in [0, 0.1) is 5.92 Å². The highest BCUT2D eigenvalue weighted by molar-refractivity contribution is 5.76. The van der Waals surface area contributed by atoms with Crippen LogP contribution in [0.1, 0.15) is 18.4 Å². The Bertz CT molecular complexity index is 364. The second kappa shape index (κ2) is 5.82. The number of benzene rings is 1. The van der Waals surface area contributed by atoms with E-state index in [1.165, 1.54) is 12.7 Å². The van der Waals surface area contributed by atoms with Crippen molar-refractivity contribution in [2.24, 2.45) is 5.92 Å². The zero-order valence-electron chi connectivity index (χ0n) is 10.2. The third-order valence-electron chi connectivity index (χ3n) is 3.38. The molecule has 1 aliphatic rings. The van der Waals surface area contributed by atoms with Gasteiger partial charge in [-0.25, -0.2) is 0 Å². The number of carbonyl (C=O) groups excluding carboxylic acids is 1. The highest BCUT2D eigenvalue weighted by Gasteiger charge is 2.31. The first-order valence-corrected chi connectivity index (χ1v) is 6.16. The number of piperidine rings is 1. The van der Waals surface area contributed by atoms with E-state index in [0.717, 1.165) is 25.8 Å². The van der Waals surface area contributed by atoms with Crippen molar-refractivity contribution in [1.29, 1.82) is 0 Å². The molecule has 1 saturated heterocycles. The first-order chi connectivity index (χ1) is 8.31. The quantitative estimate of drug-likeness (QED) is 0.809. The molecule has 3 nitrogen and oxygen atoms in total. The van der Waals surface area contributed by atoms with Crippen molar-refractivity contribution in [1.82, 2.24) is 5.32 Å². The Morgan fingerprint density at radius 3 is 2.88 bits per heavy atom. The van der Waals surface area contributed by atoms with Crippen molar-refractivity contribution >= 4 is 5.97 Å². The average Bonchev–Trinajstić information content (AvgIpc) is 2.40. The maximum absolute atomic E-state index is 11.7. The van der Waals surface area contributed by atoms with Gasteiger partial charge in [-0.1, -0.05) is 30.3 Å². The molecule has 1 aliphatic heterocycles. The number of hydrogen-bond donors (Lipinski definition) is 1. The minimum Gasteiger partial charge on any atom is -0.468 e. The van der Waals surface area contributed by atoms with Gasteiger partial charge in [0.2, 0.25) is 0 Å². The molecule has 0 amide bonds. The Morgan fingerprint density at radius 2 is 2.18 bits per heavy atom. The second-order valence-electron chi connectivity index (χ2n) is 4.55. The predicted octanol–water partition coefficient (Wildman–Crippen LogP) is 1.77. The molecule has 0 saturated carbocycles. The zero-order valence-corrected chi connectivity index (χ0v) is 10.2. The molecule has 0 radical (unpaired) electrons. The SMILES string of the molecule is COC(=O)[C@H]1NCCC[C@H]1Cc1ccccc1. The Labute approximate surface area is 102 Å². The molecule has 0 aliphatic carbocycles. The molecule has 2 rings (SSSR count). The summed E-state index contributed by atoms with van der Waals surface area (Å²) in [6, 6.07) is 10.2. The van der Waals surface area contributed by atoms with E-state index in [-0.39, 0.29) is 12.0 Å². The van der Waals surface area contributed by atoms with E-state index in [0.29, 0.717) is 5.92 Å². The molecule has 0 unspecified atom stereocenters. The number of hydrogen-bond acceptors (Lipinski definition) is 3. The monoisotopic (exact) mass is 233 g/mol. The van der Waals surface area contributed by atoms with Crippen LogP contribution < -0.4 is 5.32 Å². The summed E-state index contributed by atoms with van der Waals surface area (Å²) in [5, 5.41) is 3.27. The van der Waals surface area contributed by atoms with E-state index in [2.05, 4.69) is 17.4 Å². The summed E-state index contributed by atoms with van der Waals surface area (Å²) in [6.07, 6.45) is 3.15. The highest BCUT2D eigenvalue weighted by Crippen LogP contribution is 2.22. The van der Waals surface area contributed by atoms with Crippen LogP contribution >= 0.6 is 0 Å². The fourth-order valence-corrected chi connectivity index (χ4v) is 2.49. The van der Waals surface area contributed by atoms with Crippen LogP contribution in [0.15, 0.2) is 30.3 Å². The van der Waals surface area contributed by atoms with Gasteiger partial charge in [-0.05, 0) is 37.3 Å². The van der Waals surface area contributed by atoms with Gasteiger partial charge in [0.05, 0.1) is 7.11 Å². The van der Waals surface area contributed by atoms with Gasteiger partial charge in [-0.3, -0.25) is 4.79 Å². The summed E-state index contributed by atoms with van der Waals surface area (Å²) in [4.78, 5) is 11.7. The molecule has 1 fully saturated rings. The van der Waals surface area contributed by atoms with Crippen molar-refractivity contribution in [3.63, 3.8) is 0 Å². The summed E-state index contributed by atoms with van der Waals surface area (Å²) in [7, 11) is 1.46. The lowest BCUT2D eigenvalue weighted by Crippen LogP contribution is -2.48. The molecule has 1 aromatic carbocycles. The van der Waals surface area contributed by atoms with Gasteiger partial charge in [-0.2, -0.15) is 0 Å². The summed E-state index contributed by atoms with van der Waals surface area (Å²) in [6.45, 7) is 0.908. The lowest BCUT2D eigenvalue weighted by atomic mass is 9.85. The number of carbonyl (C=O) groups is 1. The summed E-state index contributed by atoms with van der Waals surface area (Å²) in [5.41, 5.74) is 1.29. The van der Waals surface area contributed by atoms with E-state index in [9.17, 15) is 4.79 Å². The summed E-state index contributed by atoms with van der Waals surface area (Å²) < 4.78 is 4.86. The molecule has 0 aromatic heterocycles. The van der Waals surface area contributed by atoms with Crippen LogP contribution in [0.25, 0.3) is 0 Å². The van der Waals surface area contributed by atoms with Crippen LogP contribution in [0.5, 0.6) is 0 Å². The molecule has 1 heterocycles. The Balaban J connectivity index is 2.04. The third-order valence-corrected chi connectivity index (χ3v) is 3.38. The number of nitrogens with one attached hydrogen (secondary N) is 1. The van der Waals surface area contributed by atoms with Gasteiger partial charge in [0.25, 0.3) is 0 Å². The van der Waals surface area contributed by atoms with Crippen LogP contribution in [0.4, 0.5) is 0 Å². The van der Waals surface area contributed by atoms with Gasteiger partial charge in [0.1, 0.15) is 6.04 Å². The Morgan fingerprint density at radius 1 is 1.41 bits per heavy atom. The molecular weight excluding hydrogens is 214 g/mol. The largest absolute Gasteiger partial charge is 0.468 e. The van der Waals surface area contributed by atoms with Gasteiger partial charge in [-0.15, -0.1) is 0 Å². The molecule has 0 bridgehead atoms. The number of methoxy groups -OCH3 is 1. The first kappa shape index (κ1) is 12.1. The van der Waals surface area contributed by atoms with E-state index in [1.807, 2.05) is 18.2 Å². The molecule has 0 spiro atoms. The predicted molar refractivity (Wildman–Crippen MR) is 66.7 cm³/mol.